The van der Waals surface area contributed by atoms with E-state index in [4.69, 9.17) is 5.11 Å². The van der Waals surface area contributed by atoms with Crippen molar-refractivity contribution in [2.24, 2.45) is 0 Å². The Morgan fingerprint density at radius 3 is 2.67 bits per heavy atom. The van der Waals surface area contributed by atoms with Gasteiger partial charge in [0.25, 0.3) is 0 Å². The third kappa shape index (κ3) is 4.26. The van der Waals surface area contributed by atoms with Crippen molar-refractivity contribution >= 4 is 11.9 Å². The molecule has 0 bridgehead atoms. The molecule has 0 spiro atoms. The van der Waals surface area contributed by atoms with E-state index in [0.717, 1.165) is 6.42 Å². The largest absolute Gasteiger partial charge is 0.390 e. The first-order valence-electron chi connectivity index (χ1n) is 5.10. The lowest BCUT2D eigenvalue weighted by atomic mass is 10.2. The number of aliphatic hydroxyl groups is 1. The summed E-state index contributed by atoms with van der Waals surface area (Å²) >= 11 is 0. The summed E-state index contributed by atoms with van der Waals surface area (Å²) in [6, 6.07) is -0.456. The summed E-state index contributed by atoms with van der Waals surface area (Å²) in [6.07, 6.45) is 0.506. The van der Waals surface area contributed by atoms with Gasteiger partial charge >= 0.3 is 6.03 Å². The normalized spacial score (nSPS) is 16.9. The van der Waals surface area contributed by atoms with Gasteiger partial charge in [-0.3, -0.25) is 15.0 Å². The molecule has 0 saturated carbocycles. The number of likely N-dealkylation sites (tertiary alicyclic amines) is 1. The summed E-state index contributed by atoms with van der Waals surface area (Å²) in [7, 11) is 0. The van der Waals surface area contributed by atoms with Crippen LogP contribution in [0.1, 0.15) is 13.3 Å². The van der Waals surface area contributed by atoms with Gasteiger partial charge in [-0.2, -0.15) is 0 Å². The highest BCUT2D eigenvalue weighted by Gasteiger charge is 2.26. The summed E-state index contributed by atoms with van der Waals surface area (Å²) in [5, 5.41) is 13.7. The summed E-state index contributed by atoms with van der Waals surface area (Å²) in [6.45, 7) is 3.66. The first-order chi connectivity index (χ1) is 7.11. The van der Waals surface area contributed by atoms with Crippen LogP contribution in [0.15, 0.2) is 0 Å². The van der Waals surface area contributed by atoms with Gasteiger partial charge in [0, 0.05) is 19.6 Å². The maximum Gasteiger partial charge on any atom is 0.321 e. The Labute approximate surface area is 88.6 Å². The fourth-order valence-electron chi connectivity index (χ4n) is 1.32. The molecular weight excluding hydrogens is 198 g/mol. The van der Waals surface area contributed by atoms with Crippen LogP contribution in [0, 0.1) is 0 Å². The van der Waals surface area contributed by atoms with Crippen LogP contribution < -0.4 is 10.6 Å². The van der Waals surface area contributed by atoms with E-state index in [1.807, 2.05) is 6.92 Å². The molecule has 0 radical (unpaired) electrons. The number of rotatable bonds is 4. The number of imide groups is 1. The molecule has 0 aliphatic carbocycles. The predicted molar refractivity (Wildman–Crippen MR) is 54.3 cm³/mol. The highest BCUT2D eigenvalue weighted by molar-refractivity contribution is 5.95. The van der Waals surface area contributed by atoms with Gasteiger partial charge in [0.2, 0.25) is 5.91 Å². The van der Waals surface area contributed by atoms with E-state index in [1.165, 1.54) is 0 Å². The number of carbonyl (C=O) groups is 2. The van der Waals surface area contributed by atoms with E-state index in [0.29, 0.717) is 19.6 Å². The molecule has 1 heterocycles. The second-order valence-corrected chi connectivity index (χ2v) is 3.65. The molecule has 3 amide bonds. The maximum atomic E-state index is 11.2. The quantitative estimate of drug-likeness (QED) is 0.556. The average Bonchev–Trinajstić information content (AvgIpc) is 2.12. The minimum absolute atomic E-state index is 0.163. The molecule has 0 aromatic rings. The smallest absolute Gasteiger partial charge is 0.321 e. The minimum Gasteiger partial charge on any atom is -0.390 e. The van der Waals surface area contributed by atoms with Gasteiger partial charge in [-0.1, -0.05) is 6.92 Å². The number of carbonyl (C=O) groups excluding carboxylic acids is 2. The van der Waals surface area contributed by atoms with Crippen LogP contribution in [0.2, 0.25) is 0 Å². The van der Waals surface area contributed by atoms with Gasteiger partial charge < -0.3 is 10.4 Å². The predicted octanol–water partition coefficient (Wildman–Crippen LogP) is -1.10. The molecule has 0 aromatic carbocycles. The van der Waals surface area contributed by atoms with Crippen molar-refractivity contribution in [3.63, 3.8) is 0 Å². The van der Waals surface area contributed by atoms with E-state index >= 15 is 0 Å². The molecule has 0 atom stereocenters. The summed E-state index contributed by atoms with van der Waals surface area (Å²) < 4.78 is 0. The van der Waals surface area contributed by atoms with Crippen molar-refractivity contribution in [3.8, 4) is 0 Å². The number of nitrogens with zero attached hydrogens (tertiary/aromatic N) is 1. The molecule has 0 aromatic heterocycles. The zero-order valence-electron chi connectivity index (χ0n) is 8.82. The van der Waals surface area contributed by atoms with Crippen LogP contribution in [0.4, 0.5) is 4.79 Å². The Kier molecular flexibility index (Phi) is 4.51. The van der Waals surface area contributed by atoms with Crippen LogP contribution in [0.25, 0.3) is 0 Å². The summed E-state index contributed by atoms with van der Waals surface area (Å²) in [5.74, 6) is -0.337. The summed E-state index contributed by atoms with van der Waals surface area (Å²) in [5.41, 5.74) is 0. The second-order valence-electron chi connectivity index (χ2n) is 3.65. The Morgan fingerprint density at radius 2 is 2.13 bits per heavy atom. The fraction of sp³-hybridized carbons (Fsp3) is 0.778. The summed E-state index contributed by atoms with van der Waals surface area (Å²) in [4.78, 5) is 24.1. The molecule has 1 aliphatic rings. The molecule has 86 valence electrons. The van der Waals surface area contributed by atoms with E-state index in [2.05, 4.69) is 10.6 Å². The number of hydrogen-bond acceptors (Lipinski definition) is 4. The van der Waals surface area contributed by atoms with E-state index in [9.17, 15) is 9.59 Å². The van der Waals surface area contributed by atoms with Crippen LogP contribution in [-0.2, 0) is 4.79 Å². The van der Waals surface area contributed by atoms with Crippen molar-refractivity contribution in [2.75, 3.05) is 26.2 Å². The number of hydrogen-bond donors (Lipinski definition) is 3. The molecule has 1 saturated heterocycles. The van der Waals surface area contributed by atoms with Gasteiger partial charge in [-0.05, 0) is 6.42 Å². The van der Waals surface area contributed by atoms with Crippen molar-refractivity contribution in [1.29, 1.82) is 0 Å². The van der Waals surface area contributed by atoms with Gasteiger partial charge in [0.1, 0.15) is 0 Å². The Balaban J connectivity index is 2.10. The lowest BCUT2D eigenvalue weighted by Crippen LogP contribution is -2.55. The zero-order valence-corrected chi connectivity index (χ0v) is 8.82. The fourth-order valence-corrected chi connectivity index (χ4v) is 1.32. The van der Waals surface area contributed by atoms with E-state index in [-0.39, 0.29) is 18.6 Å². The SMILES string of the molecule is CCCNC(=O)NC(=O)CN1CC(O)C1. The van der Waals surface area contributed by atoms with E-state index < -0.39 is 6.03 Å². The van der Waals surface area contributed by atoms with Gasteiger partial charge in [0.05, 0.1) is 12.6 Å². The molecule has 6 nitrogen and oxygen atoms in total. The van der Waals surface area contributed by atoms with Crippen molar-refractivity contribution in [2.45, 2.75) is 19.4 Å². The molecule has 0 unspecified atom stereocenters. The highest BCUT2D eigenvalue weighted by atomic mass is 16.3. The monoisotopic (exact) mass is 215 g/mol. The molecule has 3 N–H and O–H groups in total. The van der Waals surface area contributed by atoms with Crippen LogP contribution in [0.3, 0.4) is 0 Å². The zero-order chi connectivity index (χ0) is 11.3. The third-order valence-electron chi connectivity index (χ3n) is 2.09. The standard InChI is InChI=1S/C9H17N3O3/c1-2-3-10-9(15)11-8(14)6-12-4-7(13)5-12/h7,13H,2-6H2,1H3,(H2,10,11,14,15). The van der Waals surface area contributed by atoms with Crippen LogP contribution in [0.5, 0.6) is 0 Å². The molecule has 6 heteroatoms. The number of aliphatic hydroxyl groups excluding tert-OH is 1. The van der Waals surface area contributed by atoms with Gasteiger partial charge in [-0.25, -0.2) is 4.79 Å². The van der Waals surface area contributed by atoms with Gasteiger partial charge in [0.15, 0.2) is 0 Å². The Morgan fingerprint density at radius 1 is 1.47 bits per heavy atom. The molecule has 15 heavy (non-hydrogen) atoms. The second kappa shape index (κ2) is 5.67. The third-order valence-corrected chi connectivity index (χ3v) is 2.09. The molecule has 1 aliphatic heterocycles. The van der Waals surface area contributed by atoms with Crippen molar-refractivity contribution < 1.29 is 14.7 Å². The van der Waals surface area contributed by atoms with E-state index in [1.54, 1.807) is 4.90 Å². The van der Waals surface area contributed by atoms with Crippen molar-refractivity contribution in [1.82, 2.24) is 15.5 Å². The Bertz CT molecular complexity index is 239. The number of β-amino-alcohol motifs (C(OH)–C–C–N with tert-alkyl or cyclic N) is 1. The Hall–Kier alpha value is -1.14. The molecule has 1 rings (SSSR count). The van der Waals surface area contributed by atoms with Crippen LogP contribution in [-0.4, -0.2) is 54.2 Å². The first-order valence-corrected chi connectivity index (χ1v) is 5.10. The maximum absolute atomic E-state index is 11.2. The van der Waals surface area contributed by atoms with Gasteiger partial charge in [-0.15, -0.1) is 0 Å². The number of urea groups is 1. The molecular formula is C9H17N3O3. The number of amides is 3. The number of nitrogens with one attached hydrogen (secondary N) is 2. The van der Waals surface area contributed by atoms with Crippen molar-refractivity contribution in [3.05, 3.63) is 0 Å². The topological polar surface area (TPSA) is 81.7 Å². The lowest BCUT2D eigenvalue weighted by Gasteiger charge is -2.34. The van der Waals surface area contributed by atoms with Crippen LogP contribution >= 0.6 is 0 Å². The first kappa shape index (κ1) is 11.9. The minimum atomic E-state index is -0.456. The lowest BCUT2D eigenvalue weighted by molar-refractivity contribution is -0.123. The average molecular weight is 215 g/mol. The highest BCUT2D eigenvalue weighted by Crippen LogP contribution is 2.05. The molecule has 1 fully saturated rings.